The number of nitrogens with one attached hydrogen (secondary N) is 1. The Hall–Kier alpha value is -2.34. The third kappa shape index (κ3) is 3.60. The van der Waals surface area contributed by atoms with Crippen molar-refractivity contribution < 1.29 is 9.52 Å². The molecule has 4 rings (SSSR count). The van der Waals surface area contributed by atoms with Crippen LogP contribution in [0.5, 0.6) is 0 Å². The lowest BCUT2D eigenvalue weighted by molar-refractivity contribution is 0.282. The highest BCUT2D eigenvalue weighted by atomic mass is 35.5. The Balaban J connectivity index is 1.44. The maximum atomic E-state index is 9.65. The number of fused-ring (bicyclic) bond motifs is 1. The Bertz CT molecular complexity index is 1030. The second-order valence-electron chi connectivity index (χ2n) is 5.97. The number of aliphatic hydroxyl groups is 1. The largest absolute Gasteiger partial charge is 0.444 e. The van der Waals surface area contributed by atoms with Crippen LogP contribution in [0.3, 0.4) is 0 Å². The summed E-state index contributed by atoms with van der Waals surface area (Å²) in [5.74, 6) is 0.657. The number of halogens is 1. The summed E-state index contributed by atoms with van der Waals surface area (Å²) in [5, 5.41) is 15.0. The fraction of sp³-hybridized carbons (Fsp3) is 0.150. The molecule has 0 aliphatic rings. The lowest BCUT2D eigenvalue weighted by Gasteiger charge is -2.10. The fourth-order valence-corrected chi connectivity index (χ4v) is 4.17. The van der Waals surface area contributed by atoms with Gasteiger partial charge in [0.05, 0.1) is 12.8 Å². The number of benzene rings is 2. The Kier molecular flexibility index (Phi) is 4.93. The van der Waals surface area contributed by atoms with Gasteiger partial charge in [-0.15, -0.1) is 11.3 Å². The van der Waals surface area contributed by atoms with E-state index in [1.54, 1.807) is 17.5 Å². The highest BCUT2D eigenvalue weighted by Crippen LogP contribution is 2.29. The number of rotatable bonds is 6. The second kappa shape index (κ2) is 7.50. The topological polar surface area (TPSA) is 58.3 Å². The van der Waals surface area contributed by atoms with Crippen LogP contribution in [0, 0.1) is 0 Å². The van der Waals surface area contributed by atoms with Crippen LogP contribution in [0.15, 0.2) is 59.5 Å². The molecule has 4 nitrogen and oxygen atoms in total. The van der Waals surface area contributed by atoms with Crippen molar-refractivity contribution in [3.8, 4) is 11.3 Å². The molecule has 2 aromatic carbocycles. The van der Waals surface area contributed by atoms with Crippen LogP contribution >= 0.6 is 22.9 Å². The summed E-state index contributed by atoms with van der Waals surface area (Å²) in [7, 11) is 0. The van der Waals surface area contributed by atoms with E-state index in [4.69, 9.17) is 16.0 Å². The van der Waals surface area contributed by atoms with Gasteiger partial charge in [0.15, 0.2) is 12.2 Å². The third-order valence-electron chi connectivity index (χ3n) is 4.20. The van der Waals surface area contributed by atoms with Crippen molar-refractivity contribution in [1.82, 2.24) is 4.98 Å². The zero-order valence-corrected chi connectivity index (χ0v) is 15.5. The van der Waals surface area contributed by atoms with Gasteiger partial charge in [-0.1, -0.05) is 11.6 Å². The van der Waals surface area contributed by atoms with Gasteiger partial charge in [0.2, 0.25) is 0 Å². The first-order chi connectivity index (χ1) is 12.7. The van der Waals surface area contributed by atoms with E-state index in [2.05, 4.69) is 22.4 Å². The first kappa shape index (κ1) is 17.1. The quantitative estimate of drug-likeness (QED) is 0.470. The van der Waals surface area contributed by atoms with E-state index in [1.807, 2.05) is 30.3 Å². The predicted molar refractivity (Wildman–Crippen MR) is 107 cm³/mol. The van der Waals surface area contributed by atoms with Crippen molar-refractivity contribution in [2.24, 2.45) is 0 Å². The van der Waals surface area contributed by atoms with E-state index in [9.17, 15) is 5.11 Å². The molecular weight excluding hydrogens is 368 g/mol. The molecule has 4 aromatic rings. The van der Waals surface area contributed by atoms with Crippen LogP contribution in [0.4, 0.5) is 5.69 Å². The number of aromatic nitrogens is 1. The number of hydrogen-bond acceptors (Lipinski definition) is 5. The van der Waals surface area contributed by atoms with E-state index < -0.39 is 0 Å². The van der Waals surface area contributed by atoms with Gasteiger partial charge in [0, 0.05) is 32.4 Å². The Morgan fingerprint density at radius 3 is 2.88 bits per heavy atom. The maximum absolute atomic E-state index is 9.65. The Labute approximate surface area is 160 Å². The average Bonchev–Trinajstić information content (AvgIpc) is 3.30. The van der Waals surface area contributed by atoms with E-state index in [0.717, 1.165) is 34.8 Å². The zero-order valence-electron chi connectivity index (χ0n) is 13.9. The summed E-state index contributed by atoms with van der Waals surface area (Å²) < 4.78 is 6.58. The van der Waals surface area contributed by atoms with Gasteiger partial charge in [0.25, 0.3) is 0 Å². The first-order valence-corrected chi connectivity index (χ1v) is 9.47. The highest BCUT2D eigenvalue weighted by Gasteiger charge is 2.09. The molecule has 0 fully saturated rings. The van der Waals surface area contributed by atoms with Gasteiger partial charge in [-0.25, -0.2) is 4.98 Å². The third-order valence-corrected chi connectivity index (χ3v) is 5.61. The van der Waals surface area contributed by atoms with Crippen LogP contribution < -0.4 is 5.32 Å². The highest BCUT2D eigenvalue weighted by molar-refractivity contribution is 7.19. The Morgan fingerprint density at radius 1 is 1.15 bits per heavy atom. The summed E-state index contributed by atoms with van der Waals surface area (Å²) in [5.41, 5.74) is 2.64. The zero-order chi connectivity index (χ0) is 17.9. The van der Waals surface area contributed by atoms with Gasteiger partial charge in [0.1, 0.15) is 0 Å². The summed E-state index contributed by atoms with van der Waals surface area (Å²) in [6.07, 6.45) is 3.96. The fourth-order valence-electron chi connectivity index (χ4n) is 2.95. The molecule has 0 aliphatic carbocycles. The number of hydrogen-bond donors (Lipinski definition) is 2. The maximum Gasteiger partial charge on any atom is 0.181 e. The normalized spacial score (nSPS) is 11.2. The molecule has 132 valence electrons. The molecule has 26 heavy (non-hydrogen) atoms. The van der Waals surface area contributed by atoms with Gasteiger partial charge in [-0.3, -0.25) is 0 Å². The van der Waals surface area contributed by atoms with Crippen molar-refractivity contribution in [1.29, 1.82) is 0 Å². The molecule has 0 atom stereocenters. The van der Waals surface area contributed by atoms with E-state index >= 15 is 0 Å². The number of oxazole rings is 1. The number of anilines is 1. The van der Waals surface area contributed by atoms with Crippen molar-refractivity contribution in [3.05, 3.63) is 70.5 Å². The van der Waals surface area contributed by atoms with Crippen LogP contribution in [-0.2, 0) is 13.0 Å². The minimum absolute atomic E-state index is 0.0529. The molecule has 0 unspecified atom stereocenters. The monoisotopic (exact) mass is 384 g/mol. The van der Waals surface area contributed by atoms with Gasteiger partial charge in [-0.05, 0) is 59.8 Å². The van der Waals surface area contributed by atoms with Crippen molar-refractivity contribution >= 4 is 38.7 Å². The standard InChI is InChI=1S/C20H17ClN2O2S/c21-15-1-4-20-13(7-15)9-17(26-20)5-6-23-16-2-3-18(14(8-16)11-24)19-10-22-12-25-19/h1-4,7-10,12,23-24H,5-6,11H2. The van der Waals surface area contributed by atoms with Gasteiger partial charge in [-0.2, -0.15) is 0 Å². The molecule has 0 amide bonds. The predicted octanol–water partition coefficient (Wildman–Crippen LogP) is 5.36. The summed E-state index contributed by atoms with van der Waals surface area (Å²) in [4.78, 5) is 5.25. The van der Waals surface area contributed by atoms with Gasteiger partial charge >= 0.3 is 0 Å². The lowest BCUT2D eigenvalue weighted by atomic mass is 10.1. The molecule has 0 aliphatic heterocycles. The number of aliphatic hydroxyl groups excluding tert-OH is 1. The summed E-state index contributed by atoms with van der Waals surface area (Å²) in [6.45, 7) is 0.760. The second-order valence-corrected chi connectivity index (χ2v) is 7.57. The molecule has 0 saturated heterocycles. The SMILES string of the molecule is OCc1cc(NCCc2cc3cc(Cl)ccc3s2)ccc1-c1cnco1. The number of thiophene rings is 1. The van der Waals surface area contributed by atoms with Crippen LogP contribution in [0.25, 0.3) is 21.4 Å². The molecular formula is C20H17ClN2O2S. The number of nitrogens with zero attached hydrogens (tertiary/aromatic N) is 1. The molecule has 0 bridgehead atoms. The van der Waals surface area contributed by atoms with E-state index in [-0.39, 0.29) is 6.61 Å². The molecule has 2 heterocycles. The molecule has 2 aromatic heterocycles. The summed E-state index contributed by atoms with van der Waals surface area (Å²) >= 11 is 7.84. The van der Waals surface area contributed by atoms with Crippen molar-refractivity contribution in [2.75, 3.05) is 11.9 Å². The smallest absolute Gasteiger partial charge is 0.181 e. The van der Waals surface area contributed by atoms with Crippen LogP contribution in [-0.4, -0.2) is 16.6 Å². The van der Waals surface area contributed by atoms with Crippen LogP contribution in [0.1, 0.15) is 10.4 Å². The molecule has 6 heteroatoms. The van der Waals surface area contributed by atoms with E-state index in [0.29, 0.717) is 5.76 Å². The van der Waals surface area contributed by atoms with Crippen molar-refractivity contribution in [3.63, 3.8) is 0 Å². The first-order valence-electron chi connectivity index (χ1n) is 8.27. The Morgan fingerprint density at radius 2 is 2.08 bits per heavy atom. The minimum Gasteiger partial charge on any atom is -0.444 e. The average molecular weight is 385 g/mol. The molecule has 2 N–H and O–H groups in total. The van der Waals surface area contributed by atoms with E-state index in [1.165, 1.54) is 21.4 Å². The molecule has 0 spiro atoms. The van der Waals surface area contributed by atoms with Gasteiger partial charge < -0.3 is 14.8 Å². The lowest BCUT2D eigenvalue weighted by Crippen LogP contribution is -2.04. The molecule has 0 saturated carbocycles. The minimum atomic E-state index is -0.0529. The molecule has 0 radical (unpaired) electrons. The summed E-state index contributed by atoms with van der Waals surface area (Å²) in [6, 6.07) is 14.1. The van der Waals surface area contributed by atoms with Crippen LogP contribution in [0.2, 0.25) is 5.02 Å². The van der Waals surface area contributed by atoms with Crippen molar-refractivity contribution in [2.45, 2.75) is 13.0 Å².